The normalized spacial score (nSPS) is 9.33. The van der Waals surface area contributed by atoms with Crippen LogP contribution in [0.5, 0.6) is 0 Å². The van der Waals surface area contributed by atoms with Gasteiger partial charge in [0.15, 0.2) is 0 Å². The number of nitrogen functional groups attached to an aromatic ring is 1. The van der Waals surface area contributed by atoms with Crippen LogP contribution in [-0.2, 0) is 0 Å². The molecule has 0 atom stereocenters. The van der Waals surface area contributed by atoms with Gasteiger partial charge in [-0.1, -0.05) is 0 Å². The van der Waals surface area contributed by atoms with Crippen LogP contribution in [0.3, 0.4) is 0 Å². The second-order valence-electron chi connectivity index (χ2n) is 1.92. The maximum Gasteiger partial charge on any atom is 0.264 e. The summed E-state index contributed by atoms with van der Waals surface area (Å²) < 4.78 is 24.0. The minimum atomic E-state index is -2.48. The van der Waals surface area contributed by atoms with Crippen molar-refractivity contribution in [1.82, 2.24) is 4.98 Å². The van der Waals surface area contributed by atoms with E-state index in [1.54, 1.807) is 0 Å². The van der Waals surface area contributed by atoms with Crippen LogP contribution < -0.4 is 11.3 Å². The third-order valence-electron chi connectivity index (χ3n) is 1.18. The highest BCUT2D eigenvalue weighted by molar-refractivity contribution is 5.85. The average molecular weight is 196 g/mol. The van der Waals surface area contributed by atoms with E-state index < -0.39 is 6.43 Å². The third kappa shape index (κ3) is 2.60. The van der Waals surface area contributed by atoms with Gasteiger partial charge in [-0.2, -0.15) is 0 Å². The SMILES string of the molecule is Cl.NNc1cc(C(F)F)ccn1. The molecule has 1 heterocycles. The van der Waals surface area contributed by atoms with Crippen LogP contribution in [0.4, 0.5) is 14.6 Å². The van der Waals surface area contributed by atoms with Gasteiger partial charge in [-0.25, -0.2) is 19.6 Å². The number of hydrogen-bond donors (Lipinski definition) is 2. The molecular weight excluding hydrogens is 188 g/mol. The number of nitrogens with zero attached hydrogens (tertiary/aromatic N) is 1. The van der Waals surface area contributed by atoms with E-state index in [0.29, 0.717) is 0 Å². The minimum Gasteiger partial charge on any atom is -0.308 e. The summed E-state index contributed by atoms with van der Waals surface area (Å²) in [4.78, 5) is 3.67. The Morgan fingerprint density at radius 1 is 1.50 bits per heavy atom. The minimum absolute atomic E-state index is 0. The summed E-state index contributed by atoms with van der Waals surface area (Å²) >= 11 is 0. The summed E-state index contributed by atoms with van der Waals surface area (Å²) in [6.07, 6.45) is -1.21. The fourth-order valence-corrected chi connectivity index (χ4v) is 0.662. The second kappa shape index (κ2) is 4.84. The largest absolute Gasteiger partial charge is 0.308 e. The lowest BCUT2D eigenvalue weighted by Gasteiger charge is -2.01. The molecule has 1 aromatic heterocycles. The Kier molecular flexibility index (Phi) is 4.46. The van der Waals surface area contributed by atoms with Crippen LogP contribution >= 0.6 is 12.4 Å². The number of halogens is 3. The van der Waals surface area contributed by atoms with Gasteiger partial charge in [0.25, 0.3) is 6.43 Å². The van der Waals surface area contributed by atoms with Crippen LogP contribution in [-0.4, -0.2) is 4.98 Å². The quantitative estimate of drug-likeness (QED) is 0.558. The molecule has 0 fully saturated rings. The number of nitrogens with one attached hydrogen (secondary N) is 1. The Bertz CT molecular complexity index is 244. The highest BCUT2D eigenvalue weighted by Gasteiger charge is 2.06. The van der Waals surface area contributed by atoms with Crippen molar-refractivity contribution in [3.8, 4) is 0 Å². The molecule has 0 aliphatic carbocycles. The highest BCUT2D eigenvalue weighted by Crippen LogP contribution is 2.19. The molecule has 0 bridgehead atoms. The number of pyridine rings is 1. The molecule has 0 radical (unpaired) electrons. The summed E-state index contributed by atoms with van der Waals surface area (Å²) in [5.41, 5.74) is 2.09. The zero-order valence-electron chi connectivity index (χ0n) is 6.00. The first-order valence-corrected chi connectivity index (χ1v) is 2.94. The van der Waals surface area contributed by atoms with E-state index in [2.05, 4.69) is 10.4 Å². The first kappa shape index (κ1) is 11.1. The van der Waals surface area contributed by atoms with Gasteiger partial charge in [0.05, 0.1) is 0 Å². The van der Waals surface area contributed by atoms with Crippen LogP contribution in [0.15, 0.2) is 18.3 Å². The van der Waals surface area contributed by atoms with E-state index in [-0.39, 0.29) is 23.8 Å². The van der Waals surface area contributed by atoms with Crippen LogP contribution in [0.1, 0.15) is 12.0 Å². The smallest absolute Gasteiger partial charge is 0.264 e. The first-order valence-electron chi connectivity index (χ1n) is 2.94. The lowest BCUT2D eigenvalue weighted by molar-refractivity contribution is 0.151. The Balaban J connectivity index is 0.00000121. The number of hydrogen-bond acceptors (Lipinski definition) is 3. The number of aromatic nitrogens is 1. The molecule has 0 saturated carbocycles. The van der Waals surface area contributed by atoms with Crippen molar-refractivity contribution in [2.45, 2.75) is 6.43 Å². The van der Waals surface area contributed by atoms with Crippen LogP contribution in [0.25, 0.3) is 0 Å². The summed E-state index contributed by atoms with van der Waals surface area (Å²) in [6.45, 7) is 0. The van der Waals surface area contributed by atoms with Gasteiger partial charge in [0.1, 0.15) is 5.82 Å². The fourth-order valence-electron chi connectivity index (χ4n) is 0.662. The Morgan fingerprint density at radius 3 is 2.67 bits per heavy atom. The Hall–Kier alpha value is -0.940. The van der Waals surface area contributed by atoms with Gasteiger partial charge in [0.2, 0.25) is 0 Å². The molecule has 0 amide bonds. The summed E-state index contributed by atoms with van der Waals surface area (Å²) in [5, 5.41) is 0. The van der Waals surface area contributed by atoms with Gasteiger partial charge in [-0.3, -0.25) is 0 Å². The first-order chi connectivity index (χ1) is 5.24. The summed E-state index contributed by atoms with van der Waals surface area (Å²) in [7, 11) is 0. The molecule has 3 N–H and O–H groups in total. The standard InChI is InChI=1S/C6H7F2N3.ClH/c7-6(8)4-1-2-10-5(3-4)11-9;/h1-3,6H,9H2,(H,10,11);1H. The fraction of sp³-hybridized carbons (Fsp3) is 0.167. The van der Waals surface area contributed by atoms with Crippen LogP contribution in [0.2, 0.25) is 0 Å². The van der Waals surface area contributed by atoms with Crippen molar-refractivity contribution in [1.29, 1.82) is 0 Å². The molecule has 3 nitrogen and oxygen atoms in total. The monoisotopic (exact) mass is 195 g/mol. The number of anilines is 1. The predicted molar refractivity (Wildman–Crippen MR) is 44.3 cm³/mol. The summed E-state index contributed by atoms with van der Waals surface area (Å²) in [5.74, 6) is 5.20. The van der Waals surface area contributed by atoms with Crippen molar-refractivity contribution < 1.29 is 8.78 Å². The van der Waals surface area contributed by atoms with Crippen LogP contribution in [0, 0.1) is 0 Å². The van der Waals surface area contributed by atoms with E-state index in [0.717, 1.165) is 0 Å². The van der Waals surface area contributed by atoms with Crippen molar-refractivity contribution in [2.75, 3.05) is 5.43 Å². The maximum absolute atomic E-state index is 12.0. The highest BCUT2D eigenvalue weighted by atomic mass is 35.5. The predicted octanol–water partition coefficient (Wildman–Crippen LogP) is 1.73. The Morgan fingerprint density at radius 2 is 2.17 bits per heavy atom. The molecule has 0 aromatic carbocycles. The number of hydrazine groups is 1. The molecule has 0 aliphatic rings. The summed E-state index contributed by atoms with van der Waals surface area (Å²) in [6, 6.07) is 2.44. The zero-order chi connectivity index (χ0) is 8.27. The average Bonchev–Trinajstić information content (AvgIpc) is 2.05. The molecule has 6 heteroatoms. The van der Waals surface area contributed by atoms with Gasteiger partial charge in [0, 0.05) is 11.8 Å². The second-order valence-corrected chi connectivity index (χ2v) is 1.92. The lowest BCUT2D eigenvalue weighted by Crippen LogP contribution is -2.08. The lowest BCUT2D eigenvalue weighted by atomic mass is 10.3. The van der Waals surface area contributed by atoms with Crippen molar-refractivity contribution in [3.63, 3.8) is 0 Å². The van der Waals surface area contributed by atoms with E-state index in [1.807, 2.05) is 0 Å². The van der Waals surface area contributed by atoms with Gasteiger partial charge < -0.3 is 5.43 Å². The molecule has 68 valence electrons. The molecular formula is C6H8ClF2N3. The van der Waals surface area contributed by atoms with Crippen molar-refractivity contribution in [2.24, 2.45) is 5.84 Å². The number of nitrogens with two attached hydrogens (primary N) is 1. The molecule has 0 unspecified atom stereocenters. The topological polar surface area (TPSA) is 50.9 Å². The molecule has 1 rings (SSSR count). The maximum atomic E-state index is 12.0. The molecule has 12 heavy (non-hydrogen) atoms. The van der Waals surface area contributed by atoms with Gasteiger partial charge in [-0.05, 0) is 12.1 Å². The van der Waals surface area contributed by atoms with E-state index >= 15 is 0 Å². The molecule has 0 saturated heterocycles. The van der Waals surface area contributed by atoms with E-state index in [9.17, 15) is 8.78 Å². The Labute approximate surface area is 74.4 Å². The van der Waals surface area contributed by atoms with Gasteiger partial charge >= 0.3 is 0 Å². The van der Waals surface area contributed by atoms with E-state index in [1.165, 1.54) is 18.3 Å². The van der Waals surface area contributed by atoms with Crippen molar-refractivity contribution in [3.05, 3.63) is 23.9 Å². The molecule has 0 spiro atoms. The number of alkyl halides is 2. The van der Waals surface area contributed by atoms with E-state index in [4.69, 9.17) is 5.84 Å². The molecule has 1 aromatic rings. The van der Waals surface area contributed by atoms with Gasteiger partial charge in [-0.15, -0.1) is 12.4 Å². The molecule has 0 aliphatic heterocycles. The number of rotatable bonds is 2. The third-order valence-corrected chi connectivity index (χ3v) is 1.18. The zero-order valence-corrected chi connectivity index (χ0v) is 6.81. The van der Waals surface area contributed by atoms with Crippen molar-refractivity contribution >= 4 is 18.2 Å².